The molecule has 180 valence electrons. The van der Waals surface area contributed by atoms with E-state index in [-0.39, 0.29) is 0 Å². The third-order valence-corrected chi connectivity index (χ3v) is 6.85. The van der Waals surface area contributed by atoms with Crippen LogP contribution in [-0.4, -0.2) is 4.57 Å². The fourth-order valence-corrected chi connectivity index (χ4v) is 4.86. The van der Waals surface area contributed by atoms with Crippen LogP contribution in [0.3, 0.4) is 0 Å². The number of hydrogen-bond acceptors (Lipinski definition) is 0. The van der Waals surface area contributed by atoms with Crippen molar-refractivity contribution >= 4 is 0 Å². The van der Waals surface area contributed by atoms with Crippen molar-refractivity contribution in [2.24, 2.45) is 0 Å². The highest BCUT2D eigenvalue weighted by Crippen LogP contribution is 2.14. The lowest BCUT2D eigenvalue weighted by molar-refractivity contribution is -0.695. The first kappa shape index (κ1) is 26.7. The van der Waals surface area contributed by atoms with E-state index in [0.29, 0.717) is 0 Å². The molecule has 0 atom stereocenters. The molecule has 2 heteroatoms. The number of rotatable bonds is 20. The molecule has 0 aliphatic carbocycles. The molecule has 0 unspecified atom stereocenters. The summed E-state index contributed by atoms with van der Waals surface area (Å²) in [6.07, 6.45) is 28.6. The maximum atomic E-state index is 2.48. The van der Waals surface area contributed by atoms with Crippen LogP contribution in [0.25, 0.3) is 0 Å². The first-order valence-electron chi connectivity index (χ1n) is 14.0. The van der Waals surface area contributed by atoms with Gasteiger partial charge in [0.05, 0.1) is 6.54 Å². The van der Waals surface area contributed by atoms with Crippen molar-refractivity contribution in [1.82, 2.24) is 4.57 Å². The van der Waals surface area contributed by atoms with E-state index in [9.17, 15) is 0 Å². The normalized spacial score (nSPS) is 11.3. The van der Waals surface area contributed by atoms with Gasteiger partial charge in [0.2, 0.25) is 0 Å². The quantitative estimate of drug-likeness (QED) is 0.144. The van der Waals surface area contributed by atoms with Crippen LogP contribution in [0.4, 0.5) is 0 Å². The van der Waals surface area contributed by atoms with E-state index in [1.807, 2.05) is 0 Å². The molecule has 0 saturated carbocycles. The summed E-state index contributed by atoms with van der Waals surface area (Å²) in [5.41, 5.74) is 1.38. The molecule has 0 N–H and O–H groups in total. The molecule has 0 saturated heterocycles. The Bertz CT molecular complexity index is 673. The summed E-state index contributed by atoms with van der Waals surface area (Å²) < 4.78 is 4.90. The van der Waals surface area contributed by atoms with Gasteiger partial charge in [0.1, 0.15) is 18.9 Å². The highest BCUT2D eigenvalue weighted by molar-refractivity contribution is 5.13. The molecule has 2 aromatic rings. The SMILES string of the molecule is CCCCCCCCCCCCCCCCCCn1cc[n+](Cc2ccccc2)c1CC. The largest absolute Gasteiger partial charge is 0.256 e. The van der Waals surface area contributed by atoms with Crippen molar-refractivity contribution in [3.8, 4) is 0 Å². The zero-order valence-corrected chi connectivity index (χ0v) is 21.4. The molecule has 2 rings (SSSR count). The lowest BCUT2D eigenvalue weighted by Crippen LogP contribution is -2.37. The van der Waals surface area contributed by atoms with Gasteiger partial charge >= 0.3 is 0 Å². The number of imidazole rings is 1. The number of hydrogen-bond donors (Lipinski definition) is 0. The molecule has 1 aromatic carbocycles. The van der Waals surface area contributed by atoms with E-state index in [0.717, 1.165) is 13.0 Å². The minimum atomic E-state index is 0.982. The first-order valence-corrected chi connectivity index (χ1v) is 14.0. The van der Waals surface area contributed by atoms with Crippen molar-refractivity contribution in [2.75, 3.05) is 0 Å². The Kier molecular flexibility index (Phi) is 14.9. The van der Waals surface area contributed by atoms with E-state index in [2.05, 4.69) is 65.7 Å². The summed E-state index contributed by atoms with van der Waals surface area (Å²) in [5, 5.41) is 0. The van der Waals surface area contributed by atoms with Gasteiger partial charge in [-0.15, -0.1) is 0 Å². The Hall–Kier alpha value is -1.57. The van der Waals surface area contributed by atoms with Crippen molar-refractivity contribution in [2.45, 2.75) is 136 Å². The number of nitrogens with zero attached hydrogens (tertiary/aromatic N) is 2. The van der Waals surface area contributed by atoms with Gasteiger partial charge in [-0.3, -0.25) is 0 Å². The highest BCUT2D eigenvalue weighted by atomic mass is 15.1. The predicted molar refractivity (Wildman–Crippen MR) is 139 cm³/mol. The summed E-state index contributed by atoms with van der Waals surface area (Å²) in [6.45, 7) is 6.73. The third-order valence-electron chi connectivity index (χ3n) is 6.85. The van der Waals surface area contributed by atoms with Gasteiger partial charge in [-0.05, 0) is 18.4 Å². The van der Waals surface area contributed by atoms with Gasteiger partial charge in [0, 0.05) is 6.42 Å². The summed E-state index contributed by atoms with van der Waals surface area (Å²) in [7, 11) is 0. The fraction of sp³-hybridized carbons (Fsp3) is 0.700. The summed E-state index contributed by atoms with van der Waals surface area (Å²) in [4.78, 5) is 0. The maximum absolute atomic E-state index is 2.48. The predicted octanol–water partition coefficient (Wildman–Crippen LogP) is 8.65. The number of aryl methyl sites for hydroxylation is 1. The fourth-order valence-electron chi connectivity index (χ4n) is 4.86. The van der Waals surface area contributed by atoms with Gasteiger partial charge in [-0.2, -0.15) is 0 Å². The molecular formula is C30H51N2+. The van der Waals surface area contributed by atoms with Crippen LogP contribution in [-0.2, 0) is 19.5 Å². The summed E-state index contributed by atoms with van der Waals surface area (Å²) >= 11 is 0. The second-order valence-corrected chi connectivity index (χ2v) is 9.68. The van der Waals surface area contributed by atoms with Gasteiger partial charge in [-0.25, -0.2) is 9.13 Å². The summed E-state index contributed by atoms with van der Waals surface area (Å²) in [6, 6.07) is 10.8. The minimum absolute atomic E-state index is 0.982. The molecule has 2 nitrogen and oxygen atoms in total. The molecule has 0 radical (unpaired) electrons. The lowest BCUT2D eigenvalue weighted by atomic mass is 10.0. The van der Waals surface area contributed by atoms with Crippen LogP contribution < -0.4 is 4.57 Å². The molecular weight excluding hydrogens is 388 g/mol. The molecule has 0 bridgehead atoms. The van der Waals surface area contributed by atoms with Crippen LogP contribution >= 0.6 is 0 Å². The Morgan fingerprint density at radius 1 is 0.625 bits per heavy atom. The van der Waals surface area contributed by atoms with Crippen LogP contribution in [0, 0.1) is 0 Å². The summed E-state index contributed by atoms with van der Waals surface area (Å²) in [5.74, 6) is 1.45. The van der Waals surface area contributed by atoms with E-state index in [1.165, 1.54) is 121 Å². The Balaban J connectivity index is 1.44. The minimum Gasteiger partial charge on any atom is -0.234 e. The van der Waals surface area contributed by atoms with Crippen LogP contribution in [0.5, 0.6) is 0 Å². The maximum Gasteiger partial charge on any atom is 0.256 e. The molecule has 0 aliphatic heterocycles. The monoisotopic (exact) mass is 439 g/mol. The Morgan fingerprint density at radius 3 is 1.62 bits per heavy atom. The molecule has 0 aliphatic rings. The average molecular weight is 440 g/mol. The lowest BCUT2D eigenvalue weighted by Gasteiger charge is -2.05. The van der Waals surface area contributed by atoms with Gasteiger partial charge in [0.25, 0.3) is 5.82 Å². The molecule has 32 heavy (non-hydrogen) atoms. The third kappa shape index (κ3) is 11.3. The van der Waals surface area contributed by atoms with E-state index >= 15 is 0 Å². The van der Waals surface area contributed by atoms with Crippen molar-refractivity contribution in [3.63, 3.8) is 0 Å². The van der Waals surface area contributed by atoms with Gasteiger partial charge in [-0.1, -0.05) is 134 Å². The van der Waals surface area contributed by atoms with Gasteiger partial charge in [0.15, 0.2) is 0 Å². The van der Waals surface area contributed by atoms with Crippen LogP contribution in [0.15, 0.2) is 42.7 Å². The standard InChI is InChI=1S/C30H51N2/c1-3-5-6-7-8-9-10-11-12-13-14-15-16-17-18-22-25-31-26-27-32(30(31)4-2)28-29-23-20-19-21-24-29/h19-21,23-24,26-27H,3-18,22,25,28H2,1-2H3/q+1. The second-order valence-electron chi connectivity index (χ2n) is 9.68. The Labute approximate surface area is 199 Å². The second kappa shape index (κ2) is 17.9. The molecule has 0 spiro atoms. The van der Waals surface area contributed by atoms with E-state index in [4.69, 9.17) is 0 Å². The molecule has 1 aromatic heterocycles. The van der Waals surface area contributed by atoms with Crippen LogP contribution in [0.2, 0.25) is 0 Å². The average Bonchev–Trinajstić information content (AvgIpc) is 3.20. The smallest absolute Gasteiger partial charge is 0.234 e. The highest BCUT2D eigenvalue weighted by Gasteiger charge is 2.15. The molecule has 0 amide bonds. The van der Waals surface area contributed by atoms with Crippen molar-refractivity contribution in [1.29, 1.82) is 0 Å². The number of benzene rings is 1. The zero-order valence-electron chi connectivity index (χ0n) is 21.4. The number of unbranched alkanes of at least 4 members (excludes halogenated alkanes) is 15. The molecule has 0 fully saturated rings. The van der Waals surface area contributed by atoms with Crippen molar-refractivity contribution < 1.29 is 4.57 Å². The first-order chi connectivity index (χ1) is 15.8. The Morgan fingerprint density at radius 2 is 1.12 bits per heavy atom. The number of aromatic nitrogens is 2. The topological polar surface area (TPSA) is 8.81 Å². The van der Waals surface area contributed by atoms with Crippen molar-refractivity contribution in [3.05, 3.63) is 54.1 Å². The van der Waals surface area contributed by atoms with E-state index < -0.39 is 0 Å². The molecule has 1 heterocycles. The van der Waals surface area contributed by atoms with Crippen LogP contribution in [0.1, 0.15) is 128 Å². The van der Waals surface area contributed by atoms with E-state index in [1.54, 1.807) is 0 Å². The van der Waals surface area contributed by atoms with Gasteiger partial charge < -0.3 is 0 Å². The zero-order chi connectivity index (χ0) is 22.7.